The van der Waals surface area contributed by atoms with Gasteiger partial charge in [0.1, 0.15) is 0 Å². The van der Waals surface area contributed by atoms with Crippen LogP contribution in [0.4, 0.5) is 17.6 Å². The number of hydrogen-bond donors (Lipinski definition) is 2. The second kappa shape index (κ2) is 23.3. The molecule has 7 rings (SSSR count). The lowest BCUT2D eigenvalue weighted by Gasteiger charge is -2.14. The molecule has 2 N–H and O–H groups in total. The van der Waals surface area contributed by atoms with E-state index in [2.05, 4.69) is 16.9 Å². The third-order valence-electron chi connectivity index (χ3n) is 12.0. The van der Waals surface area contributed by atoms with Crippen molar-refractivity contribution < 1.29 is 27.0 Å². The molecule has 0 fully saturated rings. The summed E-state index contributed by atoms with van der Waals surface area (Å²) in [5, 5.41) is 0. The van der Waals surface area contributed by atoms with Gasteiger partial charge in [-0.25, -0.2) is 27.5 Å². The van der Waals surface area contributed by atoms with Crippen LogP contribution < -0.4 is 0 Å². The summed E-state index contributed by atoms with van der Waals surface area (Å²) >= 11 is 0.826. The van der Waals surface area contributed by atoms with Gasteiger partial charge < -0.3 is 19.4 Å². The van der Waals surface area contributed by atoms with Gasteiger partial charge in [0.25, 0.3) is 0 Å². The number of benzene rings is 2. The van der Waals surface area contributed by atoms with E-state index in [4.69, 9.17) is 19.4 Å². The van der Waals surface area contributed by atoms with Crippen molar-refractivity contribution in [1.29, 1.82) is 0 Å². The molecule has 64 heavy (non-hydrogen) atoms. The molecular formula is C53H60F4N4O2S. The van der Waals surface area contributed by atoms with E-state index in [0.29, 0.717) is 40.3 Å². The van der Waals surface area contributed by atoms with Crippen molar-refractivity contribution in [3.63, 3.8) is 0 Å². The number of aromatic amines is 2. The van der Waals surface area contributed by atoms with E-state index < -0.39 is 40.0 Å². The first-order valence-electron chi connectivity index (χ1n) is 23.0. The molecule has 0 amide bonds. The minimum Gasteiger partial charge on any atom is -0.355 e. The topological polar surface area (TPSA) is 75.8 Å². The van der Waals surface area contributed by atoms with Gasteiger partial charge in [0, 0.05) is 53.0 Å². The summed E-state index contributed by atoms with van der Waals surface area (Å²) in [4.78, 5) is 15.7. The molecule has 5 heterocycles. The van der Waals surface area contributed by atoms with Crippen LogP contribution in [-0.2, 0) is 9.47 Å². The average Bonchev–Trinajstić information content (AvgIpc) is 4.15. The van der Waals surface area contributed by atoms with Gasteiger partial charge in [0.2, 0.25) is 0 Å². The van der Waals surface area contributed by atoms with Gasteiger partial charge in [-0.3, -0.25) is 0 Å². The first-order valence-corrected chi connectivity index (χ1v) is 24.0. The van der Waals surface area contributed by atoms with E-state index in [9.17, 15) is 0 Å². The van der Waals surface area contributed by atoms with Crippen molar-refractivity contribution in [3.8, 4) is 22.3 Å². The molecule has 5 aromatic rings. The van der Waals surface area contributed by atoms with Gasteiger partial charge in [0.05, 0.1) is 33.2 Å². The van der Waals surface area contributed by atoms with Crippen molar-refractivity contribution in [2.45, 2.75) is 121 Å². The van der Waals surface area contributed by atoms with Crippen LogP contribution in [0.15, 0.2) is 65.6 Å². The normalized spacial score (nSPS) is 12.3. The van der Waals surface area contributed by atoms with Gasteiger partial charge in [0.15, 0.2) is 29.6 Å². The lowest BCUT2D eigenvalue weighted by molar-refractivity contribution is -0.106. The quantitative estimate of drug-likeness (QED) is 0.0220. The summed E-state index contributed by atoms with van der Waals surface area (Å²) in [5.41, 5.74) is 6.00. The molecule has 2 aliphatic heterocycles. The van der Waals surface area contributed by atoms with Crippen LogP contribution >= 0.6 is 11.8 Å². The highest BCUT2D eigenvalue weighted by Crippen LogP contribution is 2.40. The maximum Gasteiger partial charge on any atom is 0.183 e. The van der Waals surface area contributed by atoms with Gasteiger partial charge in [-0.15, -0.1) is 11.8 Å². The fraction of sp³-hybridized carbons (Fsp3) is 0.396. The zero-order valence-corrected chi connectivity index (χ0v) is 38.1. The van der Waals surface area contributed by atoms with Gasteiger partial charge in [-0.2, -0.15) is 0 Å². The first kappa shape index (κ1) is 47.0. The number of hydrogen-bond acceptors (Lipinski definition) is 5. The predicted molar refractivity (Wildman–Crippen MR) is 257 cm³/mol. The summed E-state index contributed by atoms with van der Waals surface area (Å²) in [6.07, 6.45) is 26.1. The van der Waals surface area contributed by atoms with Crippen LogP contribution in [0.25, 0.3) is 68.6 Å². The SMILES string of the molecule is CCCCCCCCCCCCCCCCCCSc1c(F)c(F)c(-c2c3nc(cc4ccc([nH]4)c(-c4ccc(C(OC)OC)cc4)c4nc(cc5ccc2[nH]5)C=C4)C=C3)c(F)c1F. The number of aromatic nitrogens is 4. The van der Waals surface area contributed by atoms with Crippen molar-refractivity contribution in [2.24, 2.45) is 0 Å². The summed E-state index contributed by atoms with van der Waals surface area (Å²) < 4.78 is 75.3. The van der Waals surface area contributed by atoms with Crippen LogP contribution in [-0.4, -0.2) is 39.9 Å². The fourth-order valence-corrected chi connectivity index (χ4v) is 9.58. The predicted octanol–water partition coefficient (Wildman–Crippen LogP) is 16.2. The van der Waals surface area contributed by atoms with Crippen molar-refractivity contribution in [2.75, 3.05) is 20.0 Å². The number of nitrogens with one attached hydrogen (secondary N) is 2. The Kier molecular flexibility index (Phi) is 17.1. The lowest BCUT2D eigenvalue weighted by atomic mass is 10.0. The molecular weight excluding hydrogens is 833 g/mol. The number of unbranched alkanes of at least 4 members (excludes halogenated alkanes) is 15. The summed E-state index contributed by atoms with van der Waals surface area (Å²) in [7, 11) is 3.18. The maximum atomic E-state index is 16.3. The molecule has 2 aliphatic rings. The number of H-pyrrole nitrogens is 2. The number of ether oxygens (including phenoxy) is 2. The highest BCUT2D eigenvalue weighted by atomic mass is 32.2. The lowest BCUT2D eigenvalue weighted by Crippen LogP contribution is -2.04. The number of nitrogens with zero attached hydrogens (tertiary/aromatic N) is 2. The molecule has 338 valence electrons. The molecule has 0 saturated carbocycles. The Bertz CT molecular complexity index is 2550. The highest BCUT2D eigenvalue weighted by molar-refractivity contribution is 7.99. The summed E-state index contributed by atoms with van der Waals surface area (Å²) in [5.74, 6) is -5.37. The number of thioether (sulfide) groups is 1. The average molecular weight is 893 g/mol. The molecule has 2 aromatic carbocycles. The van der Waals surface area contributed by atoms with Crippen molar-refractivity contribution >= 4 is 58.1 Å². The molecule has 11 heteroatoms. The Morgan fingerprint density at radius 3 is 1.45 bits per heavy atom. The minimum absolute atomic E-state index is 0.0971. The Morgan fingerprint density at radius 1 is 0.516 bits per heavy atom. The second-order valence-corrected chi connectivity index (χ2v) is 17.8. The molecule has 0 unspecified atom stereocenters. The zero-order chi connectivity index (χ0) is 44.8. The van der Waals surface area contributed by atoms with E-state index in [1.54, 1.807) is 50.6 Å². The second-order valence-electron chi connectivity index (χ2n) is 16.7. The Hall–Kier alpha value is -4.97. The monoisotopic (exact) mass is 892 g/mol. The number of rotatable bonds is 23. The summed E-state index contributed by atoms with van der Waals surface area (Å²) in [6, 6.07) is 18.7. The van der Waals surface area contributed by atoms with E-state index in [0.717, 1.165) is 53.2 Å². The smallest absolute Gasteiger partial charge is 0.183 e. The van der Waals surface area contributed by atoms with Crippen LogP contribution in [0.1, 0.15) is 144 Å². The molecule has 0 aliphatic carbocycles. The van der Waals surface area contributed by atoms with E-state index in [-0.39, 0.29) is 16.8 Å². The van der Waals surface area contributed by atoms with Gasteiger partial charge in [-0.1, -0.05) is 128 Å². The Morgan fingerprint density at radius 2 is 0.969 bits per heavy atom. The third kappa shape index (κ3) is 11.6. The van der Waals surface area contributed by atoms with Crippen LogP contribution in [0, 0.1) is 23.3 Å². The van der Waals surface area contributed by atoms with E-state index >= 15 is 17.6 Å². The fourth-order valence-electron chi connectivity index (χ4n) is 8.60. The number of methoxy groups -OCH3 is 2. The maximum absolute atomic E-state index is 16.3. The zero-order valence-electron chi connectivity index (χ0n) is 37.3. The standard InChI is InChI=1S/C53H60F4N4O2S/c1-4-5-6-7-8-9-10-11-12-13-14-15-16-17-18-19-32-64-52-50(56)48(54)47(49(55)51(52)57)46-43-30-26-39(60-43)33-37-24-28-41(58-37)45(35-20-22-36(23-21-35)53(62-2)63-3)42-29-25-38(59-42)34-40-27-31-44(46)61-40/h20-31,33-34,53,58,61H,4-19,32H2,1-3H3. The molecule has 6 nitrogen and oxygen atoms in total. The van der Waals surface area contributed by atoms with Crippen LogP contribution in [0.3, 0.4) is 0 Å². The number of fused-ring (bicyclic) bond motifs is 8. The molecule has 8 bridgehead atoms. The van der Waals surface area contributed by atoms with Crippen molar-refractivity contribution in [3.05, 3.63) is 112 Å². The third-order valence-corrected chi connectivity index (χ3v) is 13.2. The molecule has 0 atom stereocenters. The first-order chi connectivity index (χ1) is 31.3. The largest absolute Gasteiger partial charge is 0.355 e. The molecule has 0 saturated heterocycles. The van der Waals surface area contributed by atoms with E-state index in [1.165, 1.54) is 77.0 Å². The van der Waals surface area contributed by atoms with Gasteiger partial charge >= 0.3 is 0 Å². The van der Waals surface area contributed by atoms with Crippen LogP contribution in [0.5, 0.6) is 0 Å². The number of halogens is 4. The Balaban J connectivity index is 1.08. The van der Waals surface area contributed by atoms with E-state index in [1.807, 2.05) is 48.6 Å². The van der Waals surface area contributed by atoms with Crippen molar-refractivity contribution in [1.82, 2.24) is 19.9 Å². The molecule has 3 aromatic heterocycles. The minimum atomic E-state index is -1.46. The highest BCUT2D eigenvalue weighted by Gasteiger charge is 2.29. The van der Waals surface area contributed by atoms with Crippen LogP contribution in [0.2, 0.25) is 0 Å². The molecule has 0 spiro atoms. The summed E-state index contributed by atoms with van der Waals surface area (Å²) in [6.45, 7) is 2.25. The molecule has 0 radical (unpaired) electrons. The Labute approximate surface area is 379 Å². The van der Waals surface area contributed by atoms with Gasteiger partial charge in [-0.05, 0) is 78.4 Å².